The van der Waals surface area contributed by atoms with E-state index in [9.17, 15) is 14.4 Å². The number of para-hydroxylation sites is 2. The highest BCUT2D eigenvalue weighted by molar-refractivity contribution is 6.31. The predicted molar refractivity (Wildman–Crippen MR) is 132 cm³/mol. The Bertz CT molecular complexity index is 1460. The van der Waals surface area contributed by atoms with Gasteiger partial charge in [0.1, 0.15) is 5.75 Å². The van der Waals surface area contributed by atoms with Crippen LogP contribution in [0.15, 0.2) is 82.4 Å². The zero-order valence-corrected chi connectivity index (χ0v) is 19.4. The van der Waals surface area contributed by atoms with Gasteiger partial charge in [-0.3, -0.25) is 18.7 Å². The van der Waals surface area contributed by atoms with Gasteiger partial charge in [-0.2, -0.15) is 0 Å². The number of hydrogen-bond donors (Lipinski definition) is 1. The Morgan fingerprint density at radius 1 is 0.912 bits per heavy atom. The number of nitrogens with one attached hydrogen (secondary N) is 1. The number of nitrogens with zero attached hydrogens (tertiary/aromatic N) is 2. The number of carbonyl (C=O) groups excluding carboxylic acids is 1. The molecule has 1 N–H and O–H groups in total. The molecule has 0 radical (unpaired) electrons. The molecule has 1 heterocycles. The number of halogens is 1. The fraction of sp³-hybridized carbons (Fsp3) is 0.192. The summed E-state index contributed by atoms with van der Waals surface area (Å²) in [7, 11) is 1.57. The molecule has 8 heteroatoms. The van der Waals surface area contributed by atoms with Crippen LogP contribution in [0.4, 0.5) is 0 Å². The first-order valence-corrected chi connectivity index (χ1v) is 11.2. The van der Waals surface area contributed by atoms with E-state index in [4.69, 9.17) is 16.3 Å². The van der Waals surface area contributed by atoms with Gasteiger partial charge in [-0.15, -0.1) is 0 Å². The standard InChI is InChI=1S/C26H24ClN3O4/c1-34-23-13-7-3-8-18(23)16-28-24(31)14-15-29-25(32)20-10-4-6-12-22(20)30(26(29)33)17-19-9-2-5-11-21(19)27/h2-13H,14-17H2,1H3,(H,28,31). The van der Waals surface area contributed by atoms with E-state index >= 15 is 0 Å². The summed E-state index contributed by atoms with van der Waals surface area (Å²) in [6.45, 7) is 0.453. The predicted octanol–water partition coefficient (Wildman–Crippen LogP) is 3.58. The quantitative estimate of drug-likeness (QED) is 0.420. The third kappa shape index (κ3) is 4.89. The number of aromatic nitrogens is 2. The second-order valence-corrected chi connectivity index (χ2v) is 8.18. The van der Waals surface area contributed by atoms with Crippen LogP contribution in [0.3, 0.4) is 0 Å². The molecule has 0 spiro atoms. The van der Waals surface area contributed by atoms with Crippen LogP contribution >= 0.6 is 11.6 Å². The van der Waals surface area contributed by atoms with Crippen LogP contribution in [-0.2, 0) is 24.4 Å². The van der Waals surface area contributed by atoms with E-state index in [1.807, 2.05) is 42.5 Å². The van der Waals surface area contributed by atoms with Gasteiger partial charge in [0.15, 0.2) is 0 Å². The van der Waals surface area contributed by atoms with Crippen LogP contribution in [0.2, 0.25) is 5.02 Å². The zero-order chi connectivity index (χ0) is 24.1. The molecule has 4 rings (SSSR count). The first kappa shape index (κ1) is 23.3. The molecule has 0 bridgehead atoms. The summed E-state index contributed by atoms with van der Waals surface area (Å²) in [6.07, 6.45) is -0.0191. The van der Waals surface area contributed by atoms with E-state index in [1.165, 1.54) is 4.57 Å². The largest absolute Gasteiger partial charge is 0.496 e. The smallest absolute Gasteiger partial charge is 0.331 e. The van der Waals surface area contributed by atoms with Gasteiger partial charge in [-0.1, -0.05) is 60.1 Å². The third-order valence-electron chi connectivity index (χ3n) is 5.65. The van der Waals surface area contributed by atoms with Crippen molar-refractivity contribution in [2.24, 2.45) is 0 Å². The van der Waals surface area contributed by atoms with Crippen LogP contribution in [0.1, 0.15) is 17.5 Å². The van der Waals surface area contributed by atoms with Gasteiger partial charge in [-0.25, -0.2) is 4.79 Å². The van der Waals surface area contributed by atoms with Gasteiger partial charge in [0.2, 0.25) is 5.91 Å². The van der Waals surface area contributed by atoms with Crippen molar-refractivity contribution in [2.75, 3.05) is 7.11 Å². The number of amides is 1. The molecular formula is C26H24ClN3O4. The number of ether oxygens (including phenoxy) is 1. The lowest BCUT2D eigenvalue weighted by molar-refractivity contribution is -0.121. The third-order valence-corrected chi connectivity index (χ3v) is 6.02. The molecule has 0 saturated carbocycles. The van der Waals surface area contributed by atoms with E-state index in [2.05, 4.69) is 5.32 Å². The molecule has 7 nitrogen and oxygen atoms in total. The molecule has 174 valence electrons. The van der Waals surface area contributed by atoms with Crippen molar-refractivity contribution in [3.05, 3.63) is 110 Å². The minimum atomic E-state index is -0.485. The van der Waals surface area contributed by atoms with E-state index in [1.54, 1.807) is 37.4 Å². The van der Waals surface area contributed by atoms with Crippen molar-refractivity contribution in [1.82, 2.24) is 14.5 Å². The van der Waals surface area contributed by atoms with Gasteiger partial charge < -0.3 is 10.1 Å². The molecule has 1 amide bonds. The highest BCUT2D eigenvalue weighted by atomic mass is 35.5. The molecule has 4 aromatic rings. The Morgan fingerprint density at radius 3 is 2.35 bits per heavy atom. The molecule has 0 atom stereocenters. The molecule has 0 unspecified atom stereocenters. The van der Waals surface area contributed by atoms with E-state index < -0.39 is 11.2 Å². The van der Waals surface area contributed by atoms with Gasteiger partial charge in [0.25, 0.3) is 5.56 Å². The minimum absolute atomic E-state index is 0.0191. The fourth-order valence-electron chi connectivity index (χ4n) is 3.86. The lowest BCUT2D eigenvalue weighted by Gasteiger charge is -2.15. The van der Waals surface area contributed by atoms with E-state index in [-0.39, 0.29) is 32.0 Å². The first-order valence-electron chi connectivity index (χ1n) is 10.8. The van der Waals surface area contributed by atoms with Crippen LogP contribution in [-0.4, -0.2) is 22.2 Å². The summed E-state index contributed by atoms with van der Waals surface area (Å²) in [5.41, 5.74) is 1.21. The summed E-state index contributed by atoms with van der Waals surface area (Å²) in [5, 5.41) is 3.76. The Morgan fingerprint density at radius 2 is 1.59 bits per heavy atom. The van der Waals surface area contributed by atoms with Crippen LogP contribution < -0.4 is 21.3 Å². The maximum atomic E-state index is 13.3. The normalized spacial score (nSPS) is 10.9. The van der Waals surface area contributed by atoms with Gasteiger partial charge in [0, 0.05) is 30.1 Å². The molecule has 34 heavy (non-hydrogen) atoms. The maximum absolute atomic E-state index is 13.3. The number of methoxy groups -OCH3 is 1. The minimum Gasteiger partial charge on any atom is -0.496 e. The number of rotatable bonds is 8. The summed E-state index contributed by atoms with van der Waals surface area (Å²) in [6, 6.07) is 21.6. The Balaban J connectivity index is 1.59. The number of hydrogen-bond acceptors (Lipinski definition) is 4. The van der Waals surface area contributed by atoms with Crippen molar-refractivity contribution in [1.29, 1.82) is 0 Å². The van der Waals surface area contributed by atoms with Crippen molar-refractivity contribution in [2.45, 2.75) is 26.1 Å². The SMILES string of the molecule is COc1ccccc1CNC(=O)CCn1c(=O)c2ccccc2n(Cc2ccccc2Cl)c1=O. The topological polar surface area (TPSA) is 82.3 Å². The fourth-order valence-corrected chi connectivity index (χ4v) is 4.06. The molecule has 0 aliphatic rings. The second kappa shape index (κ2) is 10.4. The maximum Gasteiger partial charge on any atom is 0.331 e. The molecule has 3 aromatic carbocycles. The monoisotopic (exact) mass is 477 g/mol. The average molecular weight is 478 g/mol. The van der Waals surface area contributed by atoms with Crippen molar-refractivity contribution in [3.8, 4) is 5.75 Å². The number of fused-ring (bicyclic) bond motifs is 1. The van der Waals surface area contributed by atoms with Crippen molar-refractivity contribution < 1.29 is 9.53 Å². The van der Waals surface area contributed by atoms with Crippen molar-refractivity contribution >= 4 is 28.4 Å². The second-order valence-electron chi connectivity index (χ2n) is 7.77. The van der Waals surface area contributed by atoms with Crippen molar-refractivity contribution in [3.63, 3.8) is 0 Å². The van der Waals surface area contributed by atoms with Gasteiger partial charge >= 0.3 is 5.69 Å². The van der Waals surface area contributed by atoms with E-state index in [0.29, 0.717) is 21.7 Å². The Kier molecular flexibility index (Phi) is 7.13. The summed E-state index contributed by atoms with van der Waals surface area (Å²) >= 11 is 6.31. The van der Waals surface area contributed by atoms with Crippen LogP contribution in [0.5, 0.6) is 5.75 Å². The zero-order valence-electron chi connectivity index (χ0n) is 18.7. The first-order chi connectivity index (χ1) is 16.5. The molecular weight excluding hydrogens is 454 g/mol. The van der Waals surface area contributed by atoms with Crippen LogP contribution in [0, 0.1) is 0 Å². The van der Waals surface area contributed by atoms with Gasteiger partial charge in [0.05, 0.1) is 24.6 Å². The number of benzene rings is 3. The summed E-state index contributed by atoms with van der Waals surface area (Å²) in [4.78, 5) is 38.9. The molecule has 1 aromatic heterocycles. The summed E-state index contributed by atoms with van der Waals surface area (Å²) < 4.78 is 7.93. The van der Waals surface area contributed by atoms with Gasteiger partial charge in [-0.05, 0) is 29.8 Å². The average Bonchev–Trinajstić information content (AvgIpc) is 2.86. The molecule has 0 aliphatic heterocycles. The number of carbonyl (C=O) groups is 1. The molecule has 0 aliphatic carbocycles. The lowest BCUT2D eigenvalue weighted by Crippen LogP contribution is -2.41. The highest BCUT2D eigenvalue weighted by Crippen LogP contribution is 2.18. The molecule has 0 saturated heterocycles. The Labute approximate surface area is 201 Å². The Hall–Kier alpha value is -3.84. The lowest BCUT2D eigenvalue weighted by atomic mass is 10.2. The molecule has 0 fully saturated rings. The summed E-state index contributed by atoms with van der Waals surface area (Å²) in [5.74, 6) is 0.402. The highest BCUT2D eigenvalue weighted by Gasteiger charge is 2.15. The van der Waals surface area contributed by atoms with Crippen LogP contribution in [0.25, 0.3) is 10.9 Å². The van der Waals surface area contributed by atoms with E-state index in [0.717, 1.165) is 15.7 Å².